The molecule has 0 atom stereocenters. The number of methoxy groups -OCH3 is 1. The highest BCUT2D eigenvalue weighted by molar-refractivity contribution is 7.90. The molecule has 0 aliphatic heterocycles. The summed E-state index contributed by atoms with van der Waals surface area (Å²) in [7, 11) is -2.31. The highest BCUT2D eigenvalue weighted by atomic mass is 32.2. The maximum Gasteiger partial charge on any atom is 0.339 e. The van der Waals surface area contributed by atoms with Gasteiger partial charge in [0.2, 0.25) is 0 Å². The Morgan fingerprint density at radius 3 is 2.75 bits per heavy atom. The van der Waals surface area contributed by atoms with E-state index < -0.39 is 15.8 Å². The van der Waals surface area contributed by atoms with Crippen molar-refractivity contribution in [2.45, 2.75) is 10.6 Å². The number of aromatic carboxylic acids is 1. The third-order valence-electron chi connectivity index (χ3n) is 2.58. The van der Waals surface area contributed by atoms with Crippen molar-refractivity contribution in [3.8, 4) is 5.75 Å². The van der Waals surface area contributed by atoms with Gasteiger partial charge in [0.1, 0.15) is 11.3 Å². The summed E-state index contributed by atoms with van der Waals surface area (Å²) in [4.78, 5) is 14.9. The average Bonchev–Trinajstić information content (AvgIpc) is 2.89. The van der Waals surface area contributed by atoms with Crippen LogP contribution in [0, 0.1) is 0 Å². The summed E-state index contributed by atoms with van der Waals surface area (Å²) < 4.78 is 29.3. The first kappa shape index (κ1) is 14.5. The van der Waals surface area contributed by atoms with Crippen LogP contribution in [0.3, 0.4) is 0 Å². The smallest absolute Gasteiger partial charge is 0.339 e. The minimum atomic E-state index is -3.64. The largest absolute Gasteiger partial charge is 0.496 e. The van der Waals surface area contributed by atoms with Crippen LogP contribution in [0.1, 0.15) is 16.1 Å². The number of sulfone groups is 1. The van der Waals surface area contributed by atoms with Crippen molar-refractivity contribution in [1.29, 1.82) is 0 Å². The number of rotatable bonds is 5. The maximum atomic E-state index is 12.2. The Morgan fingerprint density at radius 2 is 2.20 bits per heavy atom. The average molecular weight is 313 g/mol. The number of hydrogen-bond acceptors (Lipinski definition) is 6. The molecule has 8 heteroatoms. The van der Waals surface area contributed by atoms with Crippen LogP contribution in [-0.2, 0) is 15.6 Å². The van der Waals surface area contributed by atoms with Gasteiger partial charge in [0.05, 0.1) is 29.0 Å². The van der Waals surface area contributed by atoms with Crippen molar-refractivity contribution in [3.63, 3.8) is 0 Å². The number of aromatic nitrogens is 1. The lowest BCUT2D eigenvalue weighted by atomic mass is 10.2. The second-order valence-corrected chi connectivity index (χ2v) is 6.61. The summed E-state index contributed by atoms with van der Waals surface area (Å²) in [6, 6.07) is 3.76. The number of nitrogens with zero attached hydrogens (tertiary/aromatic N) is 1. The minimum absolute atomic E-state index is 0.0660. The van der Waals surface area contributed by atoms with Crippen molar-refractivity contribution in [2.24, 2.45) is 0 Å². The van der Waals surface area contributed by atoms with E-state index in [0.29, 0.717) is 5.69 Å². The second-order valence-electron chi connectivity index (χ2n) is 3.91. The van der Waals surface area contributed by atoms with E-state index in [1.165, 1.54) is 30.6 Å². The van der Waals surface area contributed by atoms with Crippen LogP contribution >= 0.6 is 11.3 Å². The predicted octanol–water partition coefficient (Wildman–Crippen LogP) is 1.82. The van der Waals surface area contributed by atoms with Crippen LogP contribution < -0.4 is 4.74 Å². The standard InChI is InChI=1S/C12H11NO5S2/c1-18-11-3-2-9(4-10(11)12(14)15)20(16,17)6-8-5-19-7-13-8/h2-5,7H,6H2,1H3,(H,14,15). The molecule has 0 unspecified atom stereocenters. The van der Waals surface area contributed by atoms with Crippen LogP contribution in [-0.4, -0.2) is 31.6 Å². The van der Waals surface area contributed by atoms with Crippen molar-refractivity contribution in [1.82, 2.24) is 4.98 Å². The van der Waals surface area contributed by atoms with Crippen LogP contribution in [0.15, 0.2) is 34.0 Å². The molecule has 1 aromatic heterocycles. The molecule has 0 radical (unpaired) electrons. The van der Waals surface area contributed by atoms with Crippen molar-refractivity contribution >= 4 is 27.1 Å². The molecule has 6 nitrogen and oxygen atoms in total. The Balaban J connectivity index is 2.42. The summed E-state index contributed by atoms with van der Waals surface area (Å²) in [6.07, 6.45) is 0. The van der Waals surface area contributed by atoms with Gasteiger partial charge in [-0.25, -0.2) is 18.2 Å². The van der Waals surface area contributed by atoms with Gasteiger partial charge in [-0.3, -0.25) is 0 Å². The summed E-state index contributed by atoms with van der Waals surface area (Å²) in [5, 5.41) is 10.7. The molecular weight excluding hydrogens is 302 g/mol. The summed E-state index contributed by atoms with van der Waals surface area (Å²) in [6.45, 7) is 0. The summed E-state index contributed by atoms with van der Waals surface area (Å²) in [5.74, 6) is -1.39. The molecule has 0 saturated carbocycles. The van der Waals surface area contributed by atoms with E-state index in [2.05, 4.69) is 4.98 Å². The van der Waals surface area contributed by atoms with Gasteiger partial charge in [-0.05, 0) is 18.2 Å². The van der Waals surface area contributed by atoms with Crippen LogP contribution in [0.25, 0.3) is 0 Å². The quantitative estimate of drug-likeness (QED) is 0.905. The van der Waals surface area contributed by atoms with E-state index >= 15 is 0 Å². The van der Waals surface area contributed by atoms with Gasteiger partial charge < -0.3 is 9.84 Å². The van der Waals surface area contributed by atoms with E-state index in [1.54, 1.807) is 10.9 Å². The highest BCUT2D eigenvalue weighted by Crippen LogP contribution is 2.24. The zero-order valence-corrected chi connectivity index (χ0v) is 12.1. The number of carbonyl (C=O) groups is 1. The van der Waals surface area contributed by atoms with Crippen molar-refractivity contribution in [2.75, 3.05) is 7.11 Å². The summed E-state index contributed by atoms with van der Waals surface area (Å²) in [5.41, 5.74) is 1.79. The fraction of sp³-hybridized carbons (Fsp3) is 0.167. The molecule has 20 heavy (non-hydrogen) atoms. The summed E-state index contributed by atoms with van der Waals surface area (Å²) >= 11 is 1.30. The Kier molecular flexibility index (Phi) is 4.05. The Bertz CT molecular complexity index is 722. The lowest BCUT2D eigenvalue weighted by Crippen LogP contribution is -2.08. The zero-order valence-electron chi connectivity index (χ0n) is 10.4. The maximum absolute atomic E-state index is 12.2. The molecule has 0 amide bonds. The predicted molar refractivity (Wildman–Crippen MR) is 73.0 cm³/mol. The Morgan fingerprint density at radius 1 is 1.45 bits per heavy atom. The van der Waals surface area contributed by atoms with Gasteiger partial charge in [0.25, 0.3) is 0 Å². The fourth-order valence-electron chi connectivity index (χ4n) is 1.63. The highest BCUT2D eigenvalue weighted by Gasteiger charge is 2.20. The first-order valence-corrected chi connectivity index (χ1v) is 8.04. The second kappa shape index (κ2) is 5.59. The van der Waals surface area contributed by atoms with Crippen molar-refractivity contribution in [3.05, 3.63) is 40.3 Å². The monoisotopic (exact) mass is 313 g/mol. The number of thiazole rings is 1. The topological polar surface area (TPSA) is 93.6 Å². The third kappa shape index (κ3) is 2.97. The molecule has 0 spiro atoms. The van der Waals surface area contributed by atoms with Gasteiger partial charge in [-0.1, -0.05) is 0 Å². The van der Waals surface area contributed by atoms with Gasteiger partial charge in [0.15, 0.2) is 9.84 Å². The number of hydrogen-bond donors (Lipinski definition) is 1. The number of benzene rings is 1. The minimum Gasteiger partial charge on any atom is -0.496 e. The molecule has 1 heterocycles. The normalized spacial score (nSPS) is 11.2. The van der Waals surface area contributed by atoms with E-state index in [9.17, 15) is 13.2 Å². The molecule has 2 rings (SSSR count). The Labute approximate surface area is 119 Å². The van der Waals surface area contributed by atoms with Gasteiger partial charge in [-0.15, -0.1) is 11.3 Å². The van der Waals surface area contributed by atoms with E-state index in [4.69, 9.17) is 9.84 Å². The zero-order chi connectivity index (χ0) is 14.8. The number of carboxylic acid groups (broad SMARTS) is 1. The molecule has 1 aromatic carbocycles. The molecule has 0 saturated heterocycles. The molecule has 0 aliphatic rings. The molecule has 106 valence electrons. The van der Waals surface area contributed by atoms with Gasteiger partial charge in [0, 0.05) is 5.38 Å². The Hall–Kier alpha value is -1.93. The van der Waals surface area contributed by atoms with E-state index in [1.807, 2.05) is 0 Å². The van der Waals surface area contributed by atoms with E-state index in [-0.39, 0.29) is 22.0 Å². The molecular formula is C12H11NO5S2. The number of carboxylic acids is 1. The van der Waals surface area contributed by atoms with Gasteiger partial charge >= 0.3 is 5.97 Å². The van der Waals surface area contributed by atoms with Crippen molar-refractivity contribution < 1.29 is 23.1 Å². The van der Waals surface area contributed by atoms with E-state index in [0.717, 1.165) is 6.07 Å². The lowest BCUT2D eigenvalue weighted by molar-refractivity contribution is 0.0693. The molecule has 1 N–H and O–H groups in total. The third-order valence-corrected chi connectivity index (χ3v) is 4.87. The molecule has 0 aliphatic carbocycles. The van der Waals surface area contributed by atoms with Crippen LogP contribution in [0.5, 0.6) is 5.75 Å². The molecule has 2 aromatic rings. The first-order valence-electron chi connectivity index (χ1n) is 5.45. The first-order chi connectivity index (χ1) is 9.44. The molecule has 0 fully saturated rings. The molecule has 0 bridgehead atoms. The lowest BCUT2D eigenvalue weighted by Gasteiger charge is -2.08. The number of ether oxygens (including phenoxy) is 1. The van der Waals surface area contributed by atoms with Crippen LogP contribution in [0.2, 0.25) is 0 Å². The fourth-order valence-corrected chi connectivity index (χ4v) is 3.59. The van der Waals surface area contributed by atoms with Gasteiger partial charge in [-0.2, -0.15) is 0 Å². The van der Waals surface area contributed by atoms with Crippen LogP contribution in [0.4, 0.5) is 0 Å². The SMILES string of the molecule is COc1ccc(S(=O)(=O)Cc2cscn2)cc1C(=O)O.